The number of anilines is 2. The number of benzene rings is 2. The summed E-state index contributed by atoms with van der Waals surface area (Å²) in [5.74, 6) is -3.65. The molecule has 0 unspecified atom stereocenters. The Morgan fingerprint density at radius 2 is 1.26 bits per heavy atom. The Hall–Kier alpha value is -3.42. The molecule has 0 aliphatic heterocycles. The highest BCUT2D eigenvalue weighted by atomic mass is 19.1. The molecular weight excluding hydrogens is 401 g/mol. The Bertz CT molecular complexity index is 1040. The third kappa shape index (κ3) is 6.04. The number of carboxylic acid groups (broad SMARTS) is 2. The molecule has 8 heteroatoms. The molecular formula is C23H28FN3O4. The lowest BCUT2D eigenvalue weighted by atomic mass is 10.1. The monoisotopic (exact) mass is 429 g/mol. The van der Waals surface area contributed by atoms with Crippen molar-refractivity contribution >= 4 is 45.1 Å². The van der Waals surface area contributed by atoms with Gasteiger partial charge in [0.25, 0.3) is 0 Å². The Morgan fingerprint density at radius 1 is 0.806 bits per heavy atom. The van der Waals surface area contributed by atoms with Crippen LogP contribution in [0.4, 0.5) is 15.8 Å². The summed E-state index contributed by atoms with van der Waals surface area (Å²) in [5.41, 5.74) is 4.19. The molecule has 3 aromatic rings. The molecule has 1 aromatic heterocycles. The van der Waals surface area contributed by atoms with E-state index in [1.54, 1.807) is 0 Å². The first kappa shape index (κ1) is 23.9. The Labute approximate surface area is 180 Å². The van der Waals surface area contributed by atoms with Crippen LogP contribution in [0.3, 0.4) is 0 Å². The predicted octanol–water partition coefficient (Wildman–Crippen LogP) is 4.19. The second-order valence-electron chi connectivity index (χ2n) is 6.79. The summed E-state index contributed by atoms with van der Waals surface area (Å²) < 4.78 is 12.8. The molecule has 0 amide bonds. The summed E-state index contributed by atoms with van der Waals surface area (Å²) in [5, 5.41) is 17.0. The summed E-state index contributed by atoms with van der Waals surface area (Å²) >= 11 is 0. The lowest BCUT2D eigenvalue weighted by Crippen LogP contribution is -2.24. The number of aromatic nitrogens is 1. The van der Waals surface area contributed by atoms with Gasteiger partial charge in [-0.25, -0.2) is 19.0 Å². The summed E-state index contributed by atoms with van der Waals surface area (Å²) in [6, 6.07) is 14.8. The minimum atomic E-state index is -1.82. The van der Waals surface area contributed by atoms with Crippen LogP contribution in [-0.2, 0) is 9.59 Å². The third-order valence-electron chi connectivity index (χ3n) is 4.99. The first-order chi connectivity index (χ1) is 14.8. The second kappa shape index (κ2) is 11.1. The quantitative estimate of drug-likeness (QED) is 0.430. The second-order valence-corrected chi connectivity index (χ2v) is 6.79. The number of halogens is 1. The van der Waals surface area contributed by atoms with Gasteiger partial charge in [-0.15, -0.1) is 0 Å². The Kier molecular flexibility index (Phi) is 8.54. The maximum Gasteiger partial charge on any atom is 0.414 e. The molecule has 0 saturated heterocycles. The number of carboxylic acids is 2. The third-order valence-corrected chi connectivity index (χ3v) is 4.99. The van der Waals surface area contributed by atoms with Gasteiger partial charge in [0.1, 0.15) is 6.67 Å². The number of carbonyl (C=O) groups is 2. The van der Waals surface area contributed by atoms with Crippen LogP contribution in [0.2, 0.25) is 0 Å². The molecule has 7 nitrogen and oxygen atoms in total. The molecule has 31 heavy (non-hydrogen) atoms. The molecule has 1 heterocycles. The van der Waals surface area contributed by atoms with E-state index in [1.807, 2.05) is 11.8 Å². The van der Waals surface area contributed by atoms with Crippen molar-refractivity contribution in [2.24, 2.45) is 0 Å². The highest BCUT2D eigenvalue weighted by Gasteiger charge is 2.08. The summed E-state index contributed by atoms with van der Waals surface area (Å²) in [4.78, 5) is 27.4. The molecule has 0 aliphatic rings. The normalized spacial score (nSPS) is 10.5. The number of hydrogen-bond acceptors (Lipinski definition) is 5. The fraction of sp³-hybridized carbons (Fsp3) is 0.348. The molecule has 3 rings (SSSR count). The Balaban J connectivity index is 0.000000501. The maximum atomic E-state index is 12.8. The average molecular weight is 429 g/mol. The number of fused-ring (bicyclic) bond motifs is 2. The van der Waals surface area contributed by atoms with Gasteiger partial charge in [-0.1, -0.05) is 12.1 Å². The van der Waals surface area contributed by atoms with Crippen LogP contribution in [0, 0.1) is 0 Å². The van der Waals surface area contributed by atoms with Crippen LogP contribution in [0.5, 0.6) is 0 Å². The number of hydrogen-bond donors (Lipinski definition) is 2. The summed E-state index contributed by atoms with van der Waals surface area (Å²) in [6.07, 6.45) is 0. The molecule has 0 spiro atoms. The van der Waals surface area contributed by atoms with E-state index in [2.05, 4.69) is 61.2 Å². The van der Waals surface area contributed by atoms with Gasteiger partial charge in [0.05, 0.1) is 11.0 Å². The smallest absolute Gasteiger partial charge is 0.414 e. The number of pyridine rings is 1. The molecule has 2 N–H and O–H groups in total. The zero-order valence-electron chi connectivity index (χ0n) is 18.0. The van der Waals surface area contributed by atoms with Crippen molar-refractivity contribution in [2.45, 2.75) is 20.8 Å². The minimum Gasteiger partial charge on any atom is -0.473 e. The van der Waals surface area contributed by atoms with E-state index >= 15 is 0 Å². The lowest BCUT2D eigenvalue weighted by molar-refractivity contribution is -0.159. The van der Waals surface area contributed by atoms with Crippen molar-refractivity contribution in [3.63, 3.8) is 0 Å². The van der Waals surface area contributed by atoms with E-state index in [9.17, 15) is 4.39 Å². The van der Waals surface area contributed by atoms with E-state index in [1.165, 1.54) is 5.69 Å². The van der Waals surface area contributed by atoms with Crippen LogP contribution in [0.1, 0.15) is 20.8 Å². The number of nitrogens with zero attached hydrogens (tertiary/aromatic N) is 3. The minimum absolute atomic E-state index is 0.343. The van der Waals surface area contributed by atoms with E-state index in [0.29, 0.717) is 6.54 Å². The molecule has 2 aromatic carbocycles. The van der Waals surface area contributed by atoms with Gasteiger partial charge < -0.3 is 20.0 Å². The van der Waals surface area contributed by atoms with Crippen molar-refractivity contribution in [3.05, 3.63) is 42.5 Å². The van der Waals surface area contributed by atoms with Crippen LogP contribution in [0.25, 0.3) is 21.8 Å². The van der Waals surface area contributed by atoms with Gasteiger partial charge in [0, 0.05) is 48.3 Å². The molecule has 0 aliphatic carbocycles. The summed E-state index contributed by atoms with van der Waals surface area (Å²) in [7, 11) is 0. The van der Waals surface area contributed by atoms with Gasteiger partial charge in [-0.3, -0.25) is 0 Å². The maximum absolute atomic E-state index is 12.8. The van der Waals surface area contributed by atoms with Crippen molar-refractivity contribution in [1.82, 2.24) is 4.98 Å². The first-order valence-electron chi connectivity index (χ1n) is 10.2. The van der Waals surface area contributed by atoms with E-state index in [4.69, 9.17) is 24.8 Å². The summed E-state index contributed by atoms with van der Waals surface area (Å²) in [6.45, 7) is 9.20. The van der Waals surface area contributed by atoms with Crippen LogP contribution in [-0.4, -0.2) is 60.0 Å². The molecule has 0 fully saturated rings. The van der Waals surface area contributed by atoms with Crippen molar-refractivity contribution in [1.29, 1.82) is 0 Å². The molecule has 166 valence electrons. The lowest BCUT2D eigenvalue weighted by Gasteiger charge is -2.22. The van der Waals surface area contributed by atoms with E-state index in [-0.39, 0.29) is 6.67 Å². The van der Waals surface area contributed by atoms with Gasteiger partial charge >= 0.3 is 11.9 Å². The van der Waals surface area contributed by atoms with Crippen LogP contribution >= 0.6 is 0 Å². The van der Waals surface area contributed by atoms with Crippen molar-refractivity contribution in [2.75, 3.05) is 42.7 Å². The number of aliphatic carboxylic acids is 2. The number of rotatable bonds is 7. The van der Waals surface area contributed by atoms with E-state index < -0.39 is 11.9 Å². The molecule has 0 saturated carbocycles. The fourth-order valence-corrected chi connectivity index (χ4v) is 3.35. The zero-order valence-corrected chi connectivity index (χ0v) is 18.0. The van der Waals surface area contributed by atoms with Crippen molar-refractivity contribution < 1.29 is 24.2 Å². The topological polar surface area (TPSA) is 94.0 Å². The van der Waals surface area contributed by atoms with E-state index in [0.717, 1.165) is 47.1 Å². The van der Waals surface area contributed by atoms with Gasteiger partial charge in [-0.05, 0) is 51.1 Å². The van der Waals surface area contributed by atoms with Crippen molar-refractivity contribution in [3.8, 4) is 0 Å². The Morgan fingerprint density at radius 3 is 1.65 bits per heavy atom. The standard InChI is InChI=1S/C21H26FN3.C2H2O4/c1-4-24(5-2)18-9-7-16-13-17-8-10-19(25(6-3)12-11-22)15-21(17)23-20(16)14-18;3-1(4)2(5)6/h7-10,13-15H,4-6,11-12H2,1-3H3;(H,3,4)(H,5,6). The SMILES string of the molecule is CCN(CC)c1ccc2cc3ccc(N(CC)CCF)cc3nc2c1.O=C(O)C(=O)O. The highest BCUT2D eigenvalue weighted by Crippen LogP contribution is 2.27. The van der Waals surface area contributed by atoms with Crippen LogP contribution < -0.4 is 9.80 Å². The largest absolute Gasteiger partial charge is 0.473 e. The average Bonchev–Trinajstić information content (AvgIpc) is 2.76. The van der Waals surface area contributed by atoms with Gasteiger partial charge in [0.2, 0.25) is 0 Å². The van der Waals surface area contributed by atoms with Crippen LogP contribution in [0.15, 0.2) is 42.5 Å². The number of alkyl halides is 1. The zero-order chi connectivity index (χ0) is 23.0. The van der Waals surface area contributed by atoms with Gasteiger partial charge in [0.15, 0.2) is 0 Å². The molecule has 0 bridgehead atoms. The fourth-order valence-electron chi connectivity index (χ4n) is 3.35. The first-order valence-corrected chi connectivity index (χ1v) is 10.2. The molecule has 0 radical (unpaired) electrons. The molecule has 0 atom stereocenters. The van der Waals surface area contributed by atoms with Gasteiger partial charge in [-0.2, -0.15) is 0 Å². The highest BCUT2D eigenvalue weighted by molar-refractivity contribution is 6.27. The predicted molar refractivity (Wildman–Crippen MR) is 122 cm³/mol.